The second-order valence-corrected chi connectivity index (χ2v) is 6.93. The van der Waals surface area contributed by atoms with E-state index in [0.717, 1.165) is 31.4 Å². The van der Waals surface area contributed by atoms with Gasteiger partial charge in [0.2, 0.25) is 17.0 Å². The number of amides is 2. The van der Waals surface area contributed by atoms with Crippen molar-refractivity contribution < 1.29 is 9.59 Å². The van der Waals surface area contributed by atoms with Crippen LogP contribution in [-0.4, -0.2) is 56.3 Å². The fourth-order valence-electron chi connectivity index (χ4n) is 2.94. The van der Waals surface area contributed by atoms with Crippen LogP contribution in [0.3, 0.4) is 0 Å². The molecule has 0 atom stereocenters. The molecule has 0 unspecified atom stereocenters. The second kappa shape index (κ2) is 8.79. The lowest BCUT2D eigenvalue weighted by molar-refractivity contribution is -0.135. The third-order valence-electron chi connectivity index (χ3n) is 4.25. The maximum Gasteiger partial charge on any atom is 0.243 e. The predicted molar refractivity (Wildman–Crippen MR) is 99.2 cm³/mol. The molecule has 1 saturated heterocycles. The van der Waals surface area contributed by atoms with E-state index in [1.807, 2.05) is 24.5 Å². The number of benzene rings is 1. The van der Waals surface area contributed by atoms with Crippen LogP contribution in [0.15, 0.2) is 29.4 Å². The Morgan fingerprint density at radius 3 is 2.96 bits per heavy atom. The number of nitrogens with zero attached hydrogens (tertiary/aromatic N) is 5. The van der Waals surface area contributed by atoms with Crippen LogP contribution in [0.5, 0.6) is 0 Å². The Bertz CT molecular complexity index is 778. The number of hydrogen-bond acceptors (Lipinski definition) is 6. The molecule has 1 aliphatic rings. The summed E-state index contributed by atoms with van der Waals surface area (Å²) in [4.78, 5) is 26.2. The monoisotopic (exact) mass is 374 g/mol. The average Bonchev–Trinajstić information content (AvgIpc) is 3.10. The summed E-state index contributed by atoms with van der Waals surface area (Å²) in [6, 6.07) is 7.31. The van der Waals surface area contributed by atoms with Gasteiger partial charge in [-0.15, -0.1) is 5.10 Å². The van der Waals surface area contributed by atoms with Gasteiger partial charge in [-0.2, -0.15) is 4.68 Å². The number of aromatic nitrogens is 4. The predicted octanol–water partition coefficient (Wildman–Crippen LogP) is 2.12. The molecule has 1 aliphatic heterocycles. The summed E-state index contributed by atoms with van der Waals surface area (Å²) in [6.07, 6.45) is 6.48. The third kappa shape index (κ3) is 4.60. The fraction of sp³-hybridized carbons (Fsp3) is 0.471. The molecule has 0 saturated carbocycles. The van der Waals surface area contributed by atoms with Gasteiger partial charge in [0.1, 0.15) is 0 Å². The van der Waals surface area contributed by atoms with Crippen molar-refractivity contribution in [1.82, 2.24) is 25.1 Å². The van der Waals surface area contributed by atoms with E-state index < -0.39 is 0 Å². The van der Waals surface area contributed by atoms with Crippen LogP contribution >= 0.6 is 11.8 Å². The zero-order valence-corrected chi connectivity index (χ0v) is 15.5. The topological polar surface area (TPSA) is 93.0 Å². The highest BCUT2D eigenvalue weighted by molar-refractivity contribution is 7.98. The van der Waals surface area contributed by atoms with Gasteiger partial charge in [-0.1, -0.05) is 30.7 Å². The van der Waals surface area contributed by atoms with Crippen LogP contribution in [0.1, 0.15) is 32.1 Å². The third-order valence-corrected chi connectivity index (χ3v) is 4.87. The molecular weight excluding hydrogens is 352 g/mol. The standard InChI is InChI=1S/C17H22N6O2S/c1-26-17-19-20-21-23(17)14-8-6-7-13(11-14)18-15(24)12-22-10-5-3-2-4-9-16(22)25/h6-8,11H,2-5,9-10,12H2,1H3,(H,18,24). The van der Waals surface area contributed by atoms with Crippen molar-refractivity contribution in [2.75, 3.05) is 24.7 Å². The number of thioether (sulfide) groups is 1. The fourth-order valence-corrected chi connectivity index (χ4v) is 3.37. The van der Waals surface area contributed by atoms with Crippen molar-refractivity contribution >= 4 is 29.3 Å². The number of rotatable bonds is 5. The van der Waals surface area contributed by atoms with E-state index in [1.54, 1.807) is 15.6 Å². The molecule has 9 heteroatoms. The lowest BCUT2D eigenvalue weighted by atomic mass is 10.1. The number of carbonyl (C=O) groups is 2. The molecule has 138 valence electrons. The molecule has 0 aliphatic carbocycles. The number of carbonyl (C=O) groups excluding carboxylic acids is 2. The van der Waals surface area contributed by atoms with Gasteiger partial charge in [0.05, 0.1) is 12.2 Å². The van der Waals surface area contributed by atoms with Crippen LogP contribution in [0.25, 0.3) is 5.69 Å². The minimum Gasteiger partial charge on any atom is -0.333 e. The smallest absolute Gasteiger partial charge is 0.243 e. The van der Waals surface area contributed by atoms with E-state index in [2.05, 4.69) is 20.8 Å². The molecule has 0 radical (unpaired) electrons. The maximum absolute atomic E-state index is 12.4. The highest BCUT2D eigenvalue weighted by Gasteiger charge is 2.18. The first-order valence-electron chi connectivity index (χ1n) is 8.68. The van der Waals surface area contributed by atoms with Gasteiger partial charge in [-0.25, -0.2) is 0 Å². The second-order valence-electron chi connectivity index (χ2n) is 6.16. The van der Waals surface area contributed by atoms with Crippen molar-refractivity contribution in [3.63, 3.8) is 0 Å². The molecule has 3 rings (SSSR count). The van der Waals surface area contributed by atoms with E-state index in [0.29, 0.717) is 23.8 Å². The number of likely N-dealkylation sites (tertiary alicyclic amines) is 1. The number of hydrogen-bond donors (Lipinski definition) is 1. The molecule has 1 aromatic carbocycles. The van der Waals surface area contributed by atoms with Gasteiger partial charge < -0.3 is 10.2 Å². The molecule has 2 amide bonds. The highest BCUT2D eigenvalue weighted by atomic mass is 32.2. The summed E-state index contributed by atoms with van der Waals surface area (Å²) in [6.45, 7) is 0.734. The molecule has 2 heterocycles. The van der Waals surface area contributed by atoms with Crippen molar-refractivity contribution in [1.29, 1.82) is 0 Å². The van der Waals surface area contributed by atoms with Gasteiger partial charge in [0.15, 0.2) is 0 Å². The molecule has 8 nitrogen and oxygen atoms in total. The SMILES string of the molecule is CSc1nnnn1-c1cccc(NC(=O)CN2CCCCCCC2=O)c1. The molecule has 1 fully saturated rings. The zero-order valence-electron chi connectivity index (χ0n) is 14.7. The lowest BCUT2D eigenvalue weighted by Crippen LogP contribution is -2.39. The molecule has 0 bridgehead atoms. The van der Waals surface area contributed by atoms with Gasteiger partial charge in [-0.3, -0.25) is 9.59 Å². The quantitative estimate of drug-likeness (QED) is 0.806. The van der Waals surface area contributed by atoms with Crippen LogP contribution in [-0.2, 0) is 9.59 Å². The first kappa shape index (κ1) is 18.4. The van der Waals surface area contributed by atoms with Crippen LogP contribution < -0.4 is 5.32 Å². The van der Waals surface area contributed by atoms with Crippen molar-refractivity contribution in [3.05, 3.63) is 24.3 Å². The zero-order chi connectivity index (χ0) is 18.4. The molecule has 1 N–H and O–H groups in total. The number of anilines is 1. The van der Waals surface area contributed by atoms with E-state index in [1.165, 1.54) is 11.8 Å². The normalized spacial score (nSPS) is 15.4. The van der Waals surface area contributed by atoms with Gasteiger partial charge in [0.25, 0.3) is 0 Å². The Morgan fingerprint density at radius 2 is 2.12 bits per heavy atom. The summed E-state index contributed by atoms with van der Waals surface area (Å²) in [5, 5.41) is 15.1. The van der Waals surface area contributed by atoms with Crippen LogP contribution in [0.2, 0.25) is 0 Å². The Morgan fingerprint density at radius 1 is 1.27 bits per heavy atom. The van der Waals surface area contributed by atoms with Gasteiger partial charge in [-0.05, 0) is 47.7 Å². The summed E-state index contributed by atoms with van der Waals surface area (Å²) >= 11 is 1.44. The van der Waals surface area contributed by atoms with Crippen LogP contribution in [0.4, 0.5) is 5.69 Å². The Kier molecular flexibility index (Phi) is 6.21. The molecule has 1 aromatic heterocycles. The minimum atomic E-state index is -0.196. The molecule has 26 heavy (non-hydrogen) atoms. The summed E-state index contributed by atoms with van der Waals surface area (Å²) in [5.41, 5.74) is 1.41. The van der Waals surface area contributed by atoms with Gasteiger partial charge >= 0.3 is 0 Å². The van der Waals surface area contributed by atoms with Crippen molar-refractivity contribution in [3.8, 4) is 5.69 Å². The van der Waals surface area contributed by atoms with Crippen molar-refractivity contribution in [2.45, 2.75) is 37.3 Å². The Labute approximate surface area is 156 Å². The lowest BCUT2D eigenvalue weighted by Gasteiger charge is -2.24. The number of nitrogens with one attached hydrogen (secondary N) is 1. The Balaban J connectivity index is 1.66. The van der Waals surface area contributed by atoms with Crippen molar-refractivity contribution in [2.24, 2.45) is 0 Å². The van der Waals surface area contributed by atoms with Crippen LogP contribution in [0, 0.1) is 0 Å². The molecular formula is C17H22N6O2S. The summed E-state index contributed by atoms with van der Waals surface area (Å²) < 4.78 is 1.61. The summed E-state index contributed by atoms with van der Waals surface area (Å²) in [7, 11) is 0. The first-order valence-corrected chi connectivity index (χ1v) is 9.90. The highest BCUT2D eigenvalue weighted by Crippen LogP contribution is 2.19. The van der Waals surface area contributed by atoms with E-state index in [9.17, 15) is 9.59 Å². The maximum atomic E-state index is 12.4. The minimum absolute atomic E-state index is 0.0619. The molecule has 2 aromatic rings. The largest absolute Gasteiger partial charge is 0.333 e. The van der Waals surface area contributed by atoms with E-state index in [4.69, 9.17) is 0 Å². The van der Waals surface area contributed by atoms with E-state index >= 15 is 0 Å². The first-order chi connectivity index (χ1) is 12.7. The van der Waals surface area contributed by atoms with Gasteiger partial charge in [0, 0.05) is 18.7 Å². The summed E-state index contributed by atoms with van der Waals surface area (Å²) in [5.74, 6) is -0.134. The number of tetrazole rings is 1. The average molecular weight is 374 g/mol. The van der Waals surface area contributed by atoms with E-state index in [-0.39, 0.29) is 18.4 Å². The Hall–Kier alpha value is -2.42. The molecule has 0 spiro atoms.